The predicted molar refractivity (Wildman–Crippen MR) is 98.8 cm³/mol. The molecule has 1 aliphatic rings. The Labute approximate surface area is 152 Å². The highest BCUT2D eigenvalue weighted by Crippen LogP contribution is 2.24. The van der Waals surface area contributed by atoms with Crippen molar-refractivity contribution in [1.82, 2.24) is 19.9 Å². The third-order valence-electron chi connectivity index (χ3n) is 4.56. The van der Waals surface area contributed by atoms with Crippen LogP contribution in [0.4, 0.5) is 5.95 Å². The van der Waals surface area contributed by atoms with Crippen LogP contribution in [0.25, 0.3) is 11.4 Å². The molecule has 0 aliphatic carbocycles. The summed E-state index contributed by atoms with van der Waals surface area (Å²) >= 11 is 0. The van der Waals surface area contributed by atoms with Crippen molar-refractivity contribution in [2.45, 2.75) is 12.8 Å². The summed E-state index contributed by atoms with van der Waals surface area (Å²) in [5.41, 5.74) is 2.13. The van der Waals surface area contributed by atoms with Gasteiger partial charge in [0.1, 0.15) is 5.69 Å². The standard InChI is InChI=1S/C20H19N5O/c26-19(18-8-2-4-11-22-18)15-6-5-13-25(14-15)20-23-12-9-17(24-20)16-7-1-3-10-21-16/h1-4,7-12,15H,5-6,13-14H2/t15-/m1/s1. The summed E-state index contributed by atoms with van der Waals surface area (Å²) in [6.07, 6.45) is 6.95. The topological polar surface area (TPSA) is 71.9 Å². The average molecular weight is 345 g/mol. The van der Waals surface area contributed by atoms with Crippen LogP contribution in [-0.2, 0) is 0 Å². The zero-order chi connectivity index (χ0) is 17.8. The first kappa shape index (κ1) is 16.3. The molecule has 3 aromatic rings. The maximum absolute atomic E-state index is 12.7. The van der Waals surface area contributed by atoms with E-state index in [1.54, 1.807) is 24.7 Å². The van der Waals surface area contributed by atoms with Crippen molar-refractivity contribution < 1.29 is 4.79 Å². The van der Waals surface area contributed by atoms with Crippen LogP contribution in [0.1, 0.15) is 23.3 Å². The van der Waals surface area contributed by atoms with Crippen molar-refractivity contribution in [2.24, 2.45) is 5.92 Å². The van der Waals surface area contributed by atoms with Crippen LogP contribution in [0.5, 0.6) is 0 Å². The third-order valence-corrected chi connectivity index (χ3v) is 4.56. The fourth-order valence-corrected chi connectivity index (χ4v) is 3.25. The molecule has 1 atom stereocenters. The SMILES string of the molecule is O=C(c1ccccn1)[C@@H]1CCCN(c2nccc(-c3ccccn3)n2)C1. The van der Waals surface area contributed by atoms with Crippen LogP contribution in [-0.4, -0.2) is 38.8 Å². The molecule has 4 heterocycles. The highest BCUT2D eigenvalue weighted by Gasteiger charge is 2.28. The fourth-order valence-electron chi connectivity index (χ4n) is 3.25. The largest absolute Gasteiger partial charge is 0.340 e. The van der Waals surface area contributed by atoms with Gasteiger partial charge < -0.3 is 4.90 Å². The van der Waals surface area contributed by atoms with E-state index < -0.39 is 0 Å². The summed E-state index contributed by atoms with van der Waals surface area (Å²) in [4.78, 5) is 32.4. The predicted octanol–water partition coefficient (Wildman–Crippen LogP) is 3.03. The van der Waals surface area contributed by atoms with Gasteiger partial charge in [-0.3, -0.25) is 14.8 Å². The summed E-state index contributed by atoms with van der Waals surface area (Å²) in [7, 11) is 0. The molecule has 26 heavy (non-hydrogen) atoms. The molecule has 1 fully saturated rings. The van der Waals surface area contributed by atoms with Gasteiger partial charge in [-0.25, -0.2) is 9.97 Å². The second kappa shape index (κ2) is 7.39. The number of aromatic nitrogens is 4. The van der Waals surface area contributed by atoms with Crippen LogP contribution < -0.4 is 4.90 Å². The summed E-state index contributed by atoms with van der Waals surface area (Å²) in [6, 6.07) is 13.0. The van der Waals surface area contributed by atoms with Crippen molar-refractivity contribution in [3.63, 3.8) is 0 Å². The molecule has 0 radical (unpaired) electrons. The van der Waals surface area contributed by atoms with Gasteiger partial charge in [0.05, 0.1) is 11.4 Å². The lowest BCUT2D eigenvalue weighted by Crippen LogP contribution is -2.39. The highest BCUT2D eigenvalue weighted by molar-refractivity contribution is 5.96. The van der Waals surface area contributed by atoms with E-state index in [2.05, 4.69) is 24.8 Å². The number of Topliss-reactive ketones (excluding diaryl/α,β-unsaturated/α-hetero) is 1. The minimum atomic E-state index is -0.0826. The normalized spacial score (nSPS) is 17.1. The average Bonchev–Trinajstić information content (AvgIpc) is 2.75. The summed E-state index contributed by atoms with van der Waals surface area (Å²) in [5, 5.41) is 0. The van der Waals surface area contributed by atoms with Crippen molar-refractivity contribution in [2.75, 3.05) is 18.0 Å². The van der Waals surface area contributed by atoms with Gasteiger partial charge in [0, 0.05) is 37.6 Å². The number of rotatable bonds is 4. The van der Waals surface area contributed by atoms with E-state index in [4.69, 9.17) is 0 Å². The number of ketones is 1. The Bertz CT molecular complexity index is 885. The molecule has 130 valence electrons. The van der Waals surface area contributed by atoms with Gasteiger partial charge in [0.2, 0.25) is 5.95 Å². The first-order valence-electron chi connectivity index (χ1n) is 8.76. The molecule has 4 rings (SSSR count). The molecule has 0 spiro atoms. The first-order valence-corrected chi connectivity index (χ1v) is 8.76. The van der Waals surface area contributed by atoms with E-state index in [-0.39, 0.29) is 11.7 Å². The van der Waals surface area contributed by atoms with Crippen molar-refractivity contribution in [3.05, 3.63) is 66.7 Å². The molecule has 0 amide bonds. The van der Waals surface area contributed by atoms with Crippen LogP contribution in [0.3, 0.4) is 0 Å². The monoisotopic (exact) mass is 345 g/mol. The van der Waals surface area contributed by atoms with E-state index >= 15 is 0 Å². The third kappa shape index (κ3) is 3.44. The Kier molecular flexibility index (Phi) is 4.64. The van der Waals surface area contributed by atoms with Crippen LogP contribution in [0.15, 0.2) is 61.1 Å². The number of nitrogens with zero attached hydrogens (tertiary/aromatic N) is 5. The van der Waals surface area contributed by atoms with E-state index in [0.29, 0.717) is 18.2 Å². The molecule has 3 aromatic heterocycles. The molecule has 6 heteroatoms. The molecule has 1 aliphatic heterocycles. The van der Waals surface area contributed by atoms with Crippen LogP contribution in [0, 0.1) is 5.92 Å². The van der Waals surface area contributed by atoms with E-state index in [1.807, 2.05) is 36.4 Å². The van der Waals surface area contributed by atoms with E-state index in [0.717, 1.165) is 30.8 Å². The molecular weight excluding hydrogens is 326 g/mol. The molecule has 0 N–H and O–H groups in total. The van der Waals surface area contributed by atoms with Gasteiger partial charge in [0.15, 0.2) is 5.78 Å². The van der Waals surface area contributed by atoms with Crippen LogP contribution >= 0.6 is 0 Å². The van der Waals surface area contributed by atoms with Gasteiger partial charge in [-0.05, 0) is 43.2 Å². The van der Waals surface area contributed by atoms with E-state index in [9.17, 15) is 4.79 Å². The second-order valence-corrected chi connectivity index (χ2v) is 6.32. The molecule has 0 aromatic carbocycles. The summed E-state index contributed by atoms with van der Waals surface area (Å²) in [5.74, 6) is 0.656. The molecule has 1 saturated heterocycles. The lowest BCUT2D eigenvalue weighted by Gasteiger charge is -2.32. The second-order valence-electron chi connectivity index (χ2n) is 6.32. The van der Waals surface area contributed by atoms with Crippen LogP contribution in [0.2, 0.25) is 0 Å². The molecule has 0 unspecified atom stereocenters. The van der Waals surface area contributed by atoms with E-state index in [1.165, 1.54) is 0 Å². The Morgan fingerprint density at radius 1 is 0.923 bits per heavy atom. The molecule has 0 bridgehead atoms. The fraction of sp³-hybridized carbons (Fsp3) is 0.250. The smallest absolute Gasteiger partial charge is 0.225 e. The zero-order valence-electron chi connectivity index (χ0n) is 14.3. The van der Waals surface area contributed by atoms with Crippen molar-refractivity contribution in [3.8, 4) is 11.4 Å². The first-order chi connectivity index (χ1) is 12.8. The molecule has 6 nitrogen and oxygen atoms in total. The lowest BCUT2D eigenvalue weighted by atomic mass is 9.92. The zero-order valence-corrected chi connectivity index (χ0v) is 14.3. The molecular formula is C20H19N5O. The van der Waals surface area contributed by atoms with Gasteiger partial charge >= 0.3 is 0 Å². The van der Waals surface area contributed by atoms with Gasteiger partial charge in [-0.15, -0.1) is 0 Å². The maximum atomic E-state index is 12.7. The Hall–Kier alpha value is -3.15. The van der Waals surface area contributed by atoms with Crippen molar-refractivity contribution in [1.29, 1.82) is 0 Å². The molecule has 0 saturated carbocycles. The quantitative estimate of drug-likeness (QED) is 0.677. The van der Waals surface area contributed by atoms with Gasteiger partial charge in [0.25, 0.3) is 0 Å². The van der Waals surface area contributed by atoms with Crippen molar-refractivity contribution >= 4 is 11.7 Å². The number of hydrogen-bond donors (Lipinski definition) is 0. The highest BCUT2D eigenvalue weighted by atomic mass is 16.1. The Morgan fingerprint density at radius 3 is 2.54 bits per heavy atom. The maximum Gasteiger partial charge on any atom is 0.225 e. The number of carbonyl (C=O) groups excluding carboxylic acids is 1. The Morgan fingerprint density at radius 2 is 1.77 bits per heavy atom. The number of carbonyl (C=O) groups is 1. The summed E-state index contributed by atoms with van der Waals surface area (Å²) in [6.45, 7) is 1.46. The number of pyridine rings is 2. The summed E-state index contributed by atoms with van der Waals surface area (Å²) < 4.78 is 0. The minimum Gasteiger partial charge on any atom is -0.340 e. The minimum absolute atomic E-state index is 0.0826. The van der Waals surface area contributed by atoms with Gasteiger partial charge in [-0.2, -0.15) is 0 Å². The Balaban J connectivity index is 1.54. The number of hydrogen-bond acceptors (Lipinski definition) is 6. The number of anilines is 1. The van der Waals surface area contributed by atoms with Gasteiger partial charge in [-0.1, -0.05) is 12.1 Å². The lowest BCUT2D eigenvalue weighted by molar-refractivity contribution is 0.0901. The number of piperidine rings is 1.